The monoisotopic (exact) mass is 234 g/mol. The Morgan fingerprint density at radius 3 is 1.93 bits per heavy atom. The molecular weight excluding hydrogens is 226 g/mol. The quantitative estimate of drug-likeness (QED) is 0.341. The molecule has 0 saturated carbocycles. The Labute approximate surface area is 82.5 Å². The summed E-state index contributed by atoms with van der Waals surface area (Å²) < 4.78 is 24.4. The lowest BCUT2D eigenvalue weighted by Gasteiger charge is -2.34. The van der Waals surface area contributed by atoms with Crippen molar-refractivity contribution in [2.24, 2.45) is 0 Å². The maximum atomic E-state index is 12.2. The summed E-state index contributed by atoms with van der Waals surface area (Å²) >= 11 is 4.81. The Balaban J connectivity index is 4.91. The minimum absolute atomic E-state index is 0.267. The molecule has 0 fully saturated rings. The van der Waals surface area contributed by atoms with E-state index in [1.807, 2.05) is 0 Å². The lowest BCUT2D eigenvalue weighted by Crippen LogP contribution is -2.60. The summed E-state index contributed by atoms with van der Waals surface area (Å²) in [5.74, 6) is 0. The molecule has 0 aromatic heterocycles. The predicted molar refractivity (Wildman–Crippen MR) is 40.9 cm³/mol. The minimum Gasteiger partial charge on any atom is -0.387 e. The van der Waals surface area contributed by atoms with E-state index in [0.29, 0.717) is 0 Å². The van der Waals surface area contributed by atoms with Crippen molar-refractivity contribution in [2.45, 2.75) is 29.8 Å². The molecule has 0 heterocycles. The largest absolute Gasteiger partial charge is 0.387 e. The third kappa shape index (κ3) is 2.37. The molecule has 0 rings (SSSR count). The molecule has 4 unspecified atom stereocenters. The number of rotatable bonds is 5. The third-order valence-corrected chi connectivity index (χ3v) is 2.02. The number of hydrogen-bond donors (Lipinski definition) is 4. The number of carbonyl (C=O) groups excluding carboxylic acids is 1. The van der Waals surface area contributed by atoms with Gasteiger partial charge in [0.25, 0.3) is 6.43 Å². The van der Waals surface area contributed by atoms with Gasteiger partial charge in [0.1, 0.15) is 12.2 Å². The van der Waals surface area contributed by atoms with Gasteiger partial charge in [0.2, 0.25) is 0 Å². The van der Waals surface area contributed by atoms with Crippen LogP contribution in [0, 0.1) is 0 Å². The molecular formula is C6H9ClF2O5. The van der Waals surface area contributed by atoms with Crippen LogP contribution in [-0.4, -0.2) is 56.5 Å². The second-order valence-corrected chi connectivity index (χ2v) is 3.01. The molecule has 0 aliphatic heterocycles. The number of carbonyl (C=O) groups is 1. The third-order valence-electron chi connectivity index (χ3n) is 1.67. The molecule has 0 aliphatic carbocycles. The van der Waals surface area contributed by atoms with Crippen LogP contribution in [0.5, 0.6) is 0 Å². The van der Waals surface area contributed by atoms with Crippen molar-refractivity contribution in [1.82, 2.24) is 0 Å². The Hall–Kier alpha value is -0.340. The summed E-state index contributed by atoms with van der Waals surface area (Å²) in [6, 6.07) is 0. The molecule has 0 radical (unpaired) electrons. The van der Waals surface area contributed by atoms with Gasteiger partial charge >= 0.3 is 0 Å². The van der Waals surface area contributed by atoms with E-state index in [2.05, 4.69) is 0 Å². The summed E-state index contributed by atoms with van der Waals surface area (Å²) in [6.45, 7) is 0. The molecule has 0 amide bonds. The first-order valence-corrected chi connectivity index (χ1v) is 3.86. The summed E-state index contributed by atoms with van der Waals surface area (Å²) in [5, 5.41) is 35.2. The molecule has 0 aromatic rings. The number of hydrogen-bond acceptors (Lipinski definition) is 5. The summed E-state index contributed by atoms with van der Waals surface area (Å²) in [5.41, 5.74) is -5.98. The number of aliphatic hydroxyl groups is 4. The Kier molecular flexibility index (Phi) is 4.82. The second-order valence-electron chi connectivity index (χ2n) is 2.60. The fourth-order valence-corrected chi connectivity index (χ4v) is 0.946. The number of aldehydes is 1. The van der Waals surface area contributed by atoms with E-state index in [1.165, 1.54) is 0 Å². The zero-order chi connectivity index (χ0) is 11.5. The predicted octanol–water partition coefficient (Wildman–Crippen LogP) is -1.54. The molecule has 8 heteroatoms. The van der Waals surface area contributed by atoms with Gasteiger partial charge in [-0.05, 0) is 0 Å². The Morgan fingerprint density at radius 1 is 1.29 bits per heavy atom. The van der Waals surface area contributed by atoms with Gasteiger partial charge in [0.15, 0.2) is 17.5 Å². The molecule has 5 nitrogen and oxygen atoms in total. The molecule has 0 spiro atoms. The molecule has 14 heavy (non-hydrogen) atoms. The van der Waals surface area contributed by atoms with Gasteiger partial charge in [-0.3, -0.25) is 0 Å². The van der Waals surface area contributed by atoms with Crippen molar-refractivity contribution in [2.75, 3.05) is 0 Å². The van der Waals surface area contributed by atoms with E-state index >= 15 is 0 Å². The van der Waals surface area contributed by atoms with Gasteiger partial charge in [-0.1, -0.05) is 11.6 Å². The second kappa shape index (κ2) is 4.94. The fraction of sp³-hybridized carbons (Fsp3) is 0.833. The number of aliphatic hydroxyl groups excluding tert-OH is 3. The van der Waals surface area contributed by atoms with E-state index in [4.69, 9.17) is 32.0 Å². The van der Waals surface area contributed by atoms with Gasteiger partial charge < -0.3 is 25.2 Å². The number of alkyl halides is 3. The van der Waals surface area contributed by atoms with Crippen molar-refractivity contribution in [3.8, 4) is 0 Å². The molecule has 0 saturated heterocycles. The van der Waals surface area contributed by atoms with E-state index in [1.54, 1.807) is 0 Å². The Morgan fingerprint density at radius 2 is 1.71 bits per heavy atom. The van der Waals surface area contributed by atoms with Crippen LogP contribution in [0.2, 0.25) is 0 Å². The first-order chi connectivity index (χ1) is 6.28. The summed E-state index contributed by atoms with van der Waals surface area (Å²) in [6.07, 6.45) is -8.73. The average molecular weight is 235 g/mol. The zero-order valence-electron chi connectivity index (χ0n) is 6.72. The number of halogens is 3. The molecule has 0 aromatic carbocycles. The highest BCUT2D eigenvalue weighted by molar-refractivity contribution is 6.20. The molecule has 4 N–H and O–H groups in total. The molecule has 0 bridgehead atoms. The van der Waals surface area contributed by atoms with Crippen LogP contribution >= 0.6 is 11.6 Å². The first-order valence-electron chi connectivity index (χ1n) is 3.42. The fourth-order valence-electron chi connectivity index (χ4n) is 0.722. The van der Waals surface area contributed by atoms with E-state index < -0.39 is 29.8 Å². The van der Waals surface area contributed by atoms with E-state index in [-0.39, 0.29) is 6.29 Å². The normalized spacial score (nSPS) is 22.6. The van der Waals surface area contributed by atoms with E-state index in [9.17, 15) is 13.6 Å². The van der Waals surface area contributed by atoms with Crippen LogP contribution in [0.25, 0.3) is 0 Å². The topological polar surface area (TPSA) is 98.0 Å². The van der Waals surface area contributed by atoms with Crippen molar-refractivity contribution in [1.29, 1.82) is 0 Å². The Bertz CT molecular complexity index is 193. The van der Waals surface area contributed by atoms with Gasteiger partial charge in [0, 0.05) is 0 Å². The average Bonchev–Trinajstić information content (AvgIpc) is 2.13. The highest BCUT2D eigenvalue weighted by Crippen LogP contribution is 2.28. The lowest BCUT2D eigenvalue weighted by molar-refractivity contribution is -0.212. The smallest absolute Gasteiger partial charge is 0.273 e. The van der Waals surface area contributed by atoms with Crippen LogP contribution in [0.15, 0.2) is 0 Å². The van der Waals surface area contributed by atoms with Crippen LogP contribution in [0.1, 0.15) is 0 Å². The highest BCUT2D eigenvalue weighted by atomic mass is 35.5. The minimum atomic E-state index is -3.63. The van der Waals surface area contributed by atoms with Crippen molar-refractivity contribution in [3.63, 3.8) is 0 Å². The summed E-state index contributed by atoms with van der Waals surface area (Å²) in [4.78, 5) is 9.95. The summed E-state index contributed by atoms with van der Waals surface area (Å²) in [7, 11) is 0. The molecule has 0 aliphatic rings. The van der Waals surface area contributed by atoms with Crippen LogP contribution in [0.3, 0.4) is 0 Å². The highest BCUT2D eigenvalue weighted by Gasteiger charge is 2.53. The molecule has 84 valence electrons. The van der Waals surface area contributed by atoms with Gasteiger partial charge in [-0.15, -0.1) is 0 Å². The van der Waals surface area contributed by atoms with Gasteiger partial charge in [-0.25, -0.2) is 8.78 Å². The van der Waals surface area contributed by atoms with Gasteiger partial charge in [0.05, 0.1) is 0 Å². The van der Waals surface area contributed by atoms with Crippen molar-refractivity contribution in [3.05, 3.63) is 0 Å². The van der Waals surface area contributed by atoms with Crippen LogP contribution in [-0.2, 0) is 4.79 Å². The van der Waals surface area contributed by atoms with Crippen molar-refractivity contribution < 1.29 is 34.0 Å². The van der Waals surface area contributed by atoms with Crippen LogP contribution in [0.4, 0.5) is 8.78 Å². The van der Waals surface area contributed by atoms with Crippen LogP contribution < -0.4 is 0 Å². The lowest BCUT2D eigenvalue weighted by atomic mass is 9.94. The van der Waals surface area contributed by atoms with Crippen molar-refractivity contribution >= 4 is 17.9 Å². The maximum absolute atomic E-state index is 12.2. The van der Waals surface area contributed by atoms with E-state index in [0.717, 1.165) is 0 Å². The first kappa shape index (κ1) is 13.7. The standard InChI is InChI=1S/C6H9ClF2O5/c7-4(13)6(14,5(8)9)3(12)2(11)1-10/h1-5,11-14H. The maximum Gasteiger partial charge on any atom is 0.273 e. The molecule has 4 atom stereocenters. The zero-order valence-corrected chi connectivity index (χ0v) is 7.47. The van der Waals surface area contributed by atoms with Gasteiger partial charge in [-0.2, -0.15) is 0 Å². The SMILES string of the molecule is O=CC(O)C(O)C(O)(C(F)F)C(O)Cl.